The van der Waals surface area contributed by atoms with Gasteiger partial charge in [-0.15, -0.1) is 18.3 Å². The van der Waals surface area contributed by atoms with Crippen molar-refractivity contribution in [3.63, 3.8) is 0 Å². The number of nitrogens with one attached hydrogen (secondary N) is 1. The van der Waals surface area contributed by atoms with E-state index in [1.54, 1.807) is 4.90 Å². The molecule has 0 bridgehead atoms. The molecule has 3 amide bonds. The number of carbonyl (C=O) groups excluding carboxylic acids is 2. The Balaban J connectivity index is 1.16. The molecule has 9 nitrogen and oxygen atoms in total. The highest BCUT2D eigenvalue weighted by atomic mass is 32.2. The average molecular weight is 651 g/mol. The fourth-order valence-electron chi connectivity index (χ4n) is 4.99. The van der Waals surface area contributed by atoms with E-state index in [4.69, 9.17) is 0 Å². The van der Waals surface area contributed by atoms with Crippen LogP contribution in [0.4, 0.5) is 23.7 Å². The van der Waals surface area contributed by atoms with Crippen LogP contribution < -0.4 is 15.0 Å². The van der Waals surface area contributed by atoms with Gasteiger partial charge in [-0.2, -0.15) is 4.99 Å². The van der Waals surface area contributed by atoms with E-state index >= 15 is 0 Å². The first kappa shape index (κ1) is 32.7. The highest BCUT2D eigenvalue weighted by Gasteiger charge is 2.33. The molecule has 3 aromatic carbocycles. The Bertz CT molecular complexity index is 1740. The van der Waals surface area contributed by atoms with Gasteiger partial charge in [-0.25, -0.2) is 14.5 Å². The Morgan fingerprint density at radius 3 is 2.46 bits per heavy atom. The number of aliphatic imine (C=N–C) groups is 1. The second-order valence-corrected chi connectivity index (χ2v) is 12.2. The third-order valence-corrected chi connectivity index (χ3v) is 8.35. The van der Waals surface area contributed by atoms with Gasteiger partial charge in [0, 0.05) is 12.1 Å². The summed E-state index contributed by atoms with van der Waals surface area (Å²) >= 11 is 1.26. The molecule has 0 saturated carbocycles. The maximum absolute atomic E-state index is 12.8. The number of alkyl halides is 3. The number of aromatic nitrogens is 3. The topological polar surface area (TPSA) is 102 Å². The molecule has 0 spiro atoms. The lowest BCUT2D eigenvalue weighted by Crippen LogP contribution is -2.32. The first-order valence-corrected chi connectivity index (χ1v) is 15.7. The Morgan fingerprint density at radius 2 is 1.78 bits per heavy atom. The van der Waals surface area contributed by atoms with Crippen LogP contribution in [0, 0.1) is 6.92 Å². The number of amidine groups is 1. The summed E-state index contributed by atoms with van der Waals surface area (Å²) in [6.45, 7) is 8.56. The van der Waals surface area contributed by atoms with E-state index < -0.39 is 12.4 Å². The number of anilines is 1. The molecule has 5 rings (SSSR count). The van der Waals surface area contributed by atoms with Gasteiger partial charge >= 0.3 is 12.4 Å². The predicted molar refractivity (Wildman–Crippen MR) is 173 cm³/mol. The number of benzene rings is 3. The Kier molecular flexibility index (Phi) is 9.80. The van der Waals surface area contributed by atoms with Crippen molar-refractivity contribution in [2.45, 2.75) is 52.3 Å². The van der Waals surface area contributed by atoms with Gasteiger partial charge in [-0.3, -0.25) is 9.69 Å². The summed E-state index contributed by atoms with van der Waals surface area (Å²) < 4.78 is 42.7. The number of hydrogen-bond donors (Lipinski definition) is 1. The highest BCUT2D eigenvalue weighted by Crippen LogP contribution is 2.34. The molecule has 4 aromatic rings. The smallest absolute Gasteiger partial charge is 0.406 e. The summed E-state index contributed by atoms with van der Waals surface area (Å²) in [7, 11) is 0. The molecule has 1 atom stereocenters. The summed E-state index contributed by atoms with van der Waals surface area (Å²) in [6.07, 6.45) is -2.60. The lowest BCUT2D eigenvalue weighted by Gasteiger charge is -2.22. The molecule has 13 heteroatoms. The molecule has 1 N–H and O–H groups in total. The van der Waals surface area contributed by atoms with Crippen molar-refractivity contribution in [2.75, 3.05) is 17.2 Å². The zero-order chi connectivity index (χ0) is 33.0. The Labute approximate surface area is 268 Å². The van der Waals surface area contributed by atoms with Crippen molar-refractivity contribution < 1.29 is 27.5 Å². The number of aryl methyl sites for hydroxylation is 1. The van der Waals surface area contributed by atoms with Gasteiger partial charge in [-0.1, -0.05) is 68.9 Å². The number of rotatable bonds is 9. The van der Waals surface area contributed by atoms with Crippen LogP contribution in [0.25, 0.3) is 17.1 Å². The number of nitrogens with zero attached hydrogens (tertiary/aromatic N) is 5. The number of carbonyl (C=O) groups is 2. The normalized spacial score (nSPS) is 15.1. The Morgan fingerprint density at radius 1 is 1.07 bits per heavy atom. The van der Waals surface area contributed by atoms with Gasteiger partial charge in [-0.05, 0) is 72.2 Å². The SMILES string of the molecule is Cc1ccc(C(C)C)c(N2C(=O)CSC2=NC(=O)NCCC(C)c2ccc(-c3ncn(-c4ccc(OC(F)(F)F)cc4)n3)cc2)c1. The zero-order valence-corrected chi connectivity index (χ0v) is 26.5. The molecular formula is C33H33F3N6O3S. The lowest BCUT2D eigenvalue weighted by molar-refractivity contribution is -0.274. The molecule has 1 aromatic heterocycles. The van der Waals surface area contributed by atoms with Crippen LogP contribution in [0.1, 0.15) is 55.7 Å². The summed E-state index contributed by atoms with van der Waals surface area (Å²) in [5.41, 5.74) is 5.18. The number of ether oxygens (including phenoxy) is 1. The van der Waals surface area contributed by atoms with Gasteiger partial charge in [0.2, 0.25) is 5.91 Å². The number of amides is 3. The summed E-state index contributed by atoms with van der Waals surface area (Å²) in [4.78, 5) is 35.7. The summed E-state index contributed by atoms with van der Waals surface area (Å²) in [6, 6.07) is 18.6. The molecule has 1 unspecified atom stereocenters. The molecular weight excluding hydrogens is 617 g/mol. The number of halogens is 3. The van der Waals surface area contributed by atoms with Crippen LogP contribution in [-0.4, -0.2) is 50.5 Å². The predicted octanol–water partition coefficient (Wildman–Crippen LogP) is 7.60. The van der Waals surface area contributed by atoms with Crippen LogP contribution in [0.3, 0.4) is 0 Å². The molecule has 1 fully saturated rings. The zero-order valence-electron chi connectivity index (χ0n) is 25.7. The molecule has 0 aliphatic carbocycles. The molecule has 1 aliphatic heterocycles. The van der Waals surface area contributed by atoms with E-state index in [1.165, 1.54) is 47.0 Å². The van der Waals surface area contributed by atoms with Crippen LogP contribution in [-0.2, 0) is 4.79 Å². The Hall–Kier alpha value is -4.65. The second kappa shape index (κ2) is 13.8. The van der Waals surface area contributed by atoms with Gasteiger partial charge in [0.15, 0.2) is 11.0 Å². The highest BCUT2D eigenvalue weighted by molar-refractivity contribution is 8.15. The first-order valence-electron chi connectivity index (χ1n) is 14.7. The average Bonchev–Trinajstić information content (AvgIpc) is 3.63. The van der Waals surface area contributed by atoms with E-state index in [2.05, 4.69) is 45.9 Å². The van der Waals surface area contributed by atoms with Crippen LogP contribution in [0.2, 0.25) is 0 Å². The number of hydrogen-bond acceptors (Lipinski definition) is 6. The van der Waals surface area contributed by atoms with Crippen LogP contribution in [0.5, 0.6) is 5.75 Å². The maximum Gasteiger partial charge on any atom is 0.573 e. The molecule has 2 heterocycles. The molecule has 1 aliphatic rings. The minimum atomic E-state index is -4.76. The van der Waals surface area contributed by atoms with Crippen molar-refractivity contribution >= 4 is 34.6 Å². The molecule has 46 heavy (non-hydrogen) atoms. The molecule has 240 valence electrons. The second-order valence-electron chi connectivity index (χ2n) is 11.2. The third kappa shape index (κ3) is 7.94. The van der Waals surface area contributed by atoms with Crippen LogP contribution in [0.15, 0.2) is 78.0 Å². The first-order chi connectivity index (χ1) is 21.9. The van der Waals surface area contributed by atoms with Crippen LogP contribution >= 0.6 is 11.8 Å². The van der Waals surface area contributed by atoms with Gasteiger partial charge in [0.25, 0.3) is 0 Å². The van der Waals surface area contributed by atoms with Crippen molar-refractivity contribution in [2.24, 2.45) is 4.99 Å². The van der Waals surface area contributed by atoms with Crippen molar-refractivity contribution in [3.05, 3.63) is 89.7 Å². The number of urea groups is 1. The quantitative estimate of drug-likeness (QED) is 0.200. The minimum absolute atomic E-state index is 0.100. The van der Waals surface area contributed by atoms with Crippen molar-refractivity contribution in [3.8, 4) is 22.8 Å². The van der Waals surface area contributed by atoms with Crippen molar-refractivity contribution in [1.29, 1.82) is 0 Å². The fraction of sp³-hybridized carbons (Fsp3) is 0.303. The number of thioether (sulfide) groups is 1. The van der Waals surface area contributed by atoms with E-state index in [9.17, 15) is 22.8 Å². The fourth-order valence-corrected chi connectivity index (χ4v) is 5.85. The van der Waals surface area contributed by atoms with E-state index in [-0.39, 0.29) is 29.2 Å². The standard InChI is InChI=1S/C33H33F3N6O3S/c1-20(2)27-14-5-21(3)17-28(27)42-29(43)18-46-32(42)39-31(44)37-16-15-22(4)23-6-8-24(9-7-23)30-38-19-41(40-30)25-10-12-26(13-11-25)45-33(34,35)36/h5-14,17,19-20,22H,15-16,18H2,1-4H3,(H,37,44). The minimum Gasteiger partial charge on any atom is -0.406 e. The maximum atomic E-state index is 12.8. The van der Waals surface area contributed by atoms with E-state index in [1.807, 2.05) is 49.4 Å². The summed E-state index contributed by atoms with van der Waals surface area (Å²) in [5, 5.41) is 7.67. The van der Waals surface area contributed by atoms with Gasteiger partial charge in [0.05, 0.1) is 17.1 Å². The van der Waals surface area contributed by atoms with Gasteiger partial charge in [0.1, 0.15) is 12.1 Å². The van der Waals surface area contributed by atoms with E-state index in [0.29, 0.717) is 29.6 Å². The van der Waals surface area contributed by atoms with E-state index in [0.717, 1.165) is 27.9 Å². The third-order valence-electron chi connectivity index (χ3n) is 7.43. The largest absolute Gasteiger partial charge is 0.573 e. The van der Waals surface area contributed by atoms with Crippen molar-refractivity contribution in [1.82, 2.24) is 20.1 Å². The summed E-state index contributed by atoms with van der Waals surface area (Å²) in [5.74, 6) is 0.604. The monoisotopic (exact) mass is 650 g/mol. The lowest BCUT2D eigenvalue weighted by atomic mass is 9.96. The molecule has 1 saturated heterocycles. The molecule has 0 radical (unpaired) electrons. The van der Waals surface area contributed by atoms with Gasteiger partial charge < -0.3 is 10.1 Å².